The van der Waals surface area contributed by atoms with Crippen molar-refractivity contribution in [2.45, 2.75) is 33.2 Å². The second kappa shape index (κ2) is 9.73. The third kappa shape index (κ3) is 6.11. The fraction of sp³-hybridized carbons (Fsp3) is 0.333. The summed E-state index contributed by atoms with van der Waals surface area (Å²) in [5.41, 5.74) is 4.29. The van der Waals surface area contributed by atoms with Crippen LogP contribution >= 0.6 is 0 Å². The molecule has 2 aromatic rings. The highest BCUT2D eigenvalue weighted by molar-refractivity contribution is 5.96. The Bertz CT molecular complexity index is 784. The Hall–Kier alpha value is -2.86. The average molecular weight is 369 g/mol. The van der Waals surface area contributed by atoms with Gasteiger partial charge in [-0.15, -0.1) is 0 Å². The van der Waals surface area contributed by atoms with E-state index >= 15 is 0 Å². The summed E-state index contributed by atoms with van der Waals surface area (Å²) in [5.74, 6) is -0.413. The molecule has 27 heavy (non-hydrogen) atoms. The van der Waals surface area contributed by atoms with Crippen LogP contribution < -0.4 is 16.0 Å². The largest absolute Gasteiger partial charge is 0.394 e. The van der Waals surface area contributed by atoms with Crippen LogP contribution in [0.15, 0.2) is 42.5 Å². The van der Waals surface area contributed by atoms with Gasteiger partial charge in [-0.3, -0.25) is 9.59 Å². The molecule has 0 bridgehead atoms. The number of anilines is 2. The van der Waals surface area contributed by atoms with E-state index in [0.29, 0.717) is 17.7 Å². The second-order valence-electron chi connectivity index (χ2n) is 6.56. The molecule has 2 amide bonds. The molecule has 1 unspecified atom stereocenters. The number of aryl methyl sites for hydroxylation is 2. The van der Waals surface area contributed by atoms with Crippen molar-refractivity contribution in [3.63, 3.8) is 0 Å². The minimum atomic E-state index is -0.256. The SMILES string of the molecule is CCC(CO)NC(=O)c1ccc(NC(=O)CNc2ccc(C)cc2C)cc1. The van der Waals surface area contributed by atoms with E-state index in [0.717, 1.165) is 11.3 Å². The molecule has 0 saturated heterocycles. The fourth-order valence-corrected chi connectivity index (χ4v) is 2.64. The zero-order valence-corrected chi connectivity index (χ0v) is 16.0. The molecule has 0 aromatic heterocycles. The minimum absolute atomic E-state index is 0.0934. The van der Waals surface area contributed by atoms with Gasteiger partial charge in [-0.2, -0.15) is 0 Å². The zero-order valence-electron chi connectivity index (χ0n) is 16.0. The summed E-state index contributed by atoms with van der Waals surface area (Å²) in [4.78, 5) is 24.2. The summed E-state index contributed by atoms with van der Waals surface area (Å²) >= 11 is 0. The minimum Gasteiger partial charge on any atom is -0.394 e. The van der Waals surface area contributed by atoms with E-state index in [4.69, 9.17) is 5.11 Å². The van der Waals surface area contributed by atoms with Crippen molar-refractivity contribution in [2.75, 3.05) is 23.8 Å². The van der Waals surface area contributed by atoms with Gasteiger partial charge in [0.15, 0.2) is 0 Å². The summed E-state index contributed by atoms with van der Waals surface area (Å²) in [6, 6.07) is 12.4. The monoisotopic (exact) mass is 369 g/mol. The Morgan fingerprint density at radius 3 is 2.37 bits per heavy atom. The Kier molecular flexibility index (Phi) is 7.37. The number of aliphatic hydroxyl groups excluding tert-OH is 1. The predicted molar refractivity (Wildman–Crippen MR) is 108 cm³/mol. The van der Waals surface area contributed by atoms with Gasteiger partial charge in [0.05, 0.1) is 19.2 Å². The molecule has 0 radical (unpaired) electrons. The maximum atomic E-state index is 12.1. The van der Waals surface area contributed by atoms with Crippen molar-refractivity contribution in [1.29, 1.82) is 0 Å². The molecule has 0 spiro atoms. The molecule has 1 atom stereocenters. The first-order chi connectivity index (χ1) is 12.9. The number of carbonyl (C=O) groups excluding carboxylic acids is 2. The molecule has 144 valence electrons. The highest BCUT2D eigenvalue weighted by Gasteiger charge is 2.11. The van der Waals surface area contributed by atoms with Crippen LogP contribution in [0.5, 0.6) is 0 Å². The number of hydrogen-bond donors (Lipinski definition) is 4. The lowest BCUT2D eigenvalue weighted by molar-refractivity contribution is -0.114. The van der Waals surface area contributed by atoms with E-state index < -0.39 is 0 Å². The van der Waals surface area contributed by atoms with Crippen LogP contribution in [0.25, 0.3) is 0 Å². The van der Waals surface area contributed by atoms with Crippen molar-refractivity contribution in [3.05, 3.63) is 59.2 Å². The number of carbonyl (C=O) groups is 2. The van der Waals surface area contributed by atoms with Gasteiger partial charge < -0.3 is 21.1 Å². The van der Waals surface area contributed by atoms with Crippen LogP contribution in [-0.2, 0) is 4.79 Å². The molecule has 4 N–H and O–H groups in total. The number of nitrogens with one attached hydrogen (secondary N) is 3. The third-order valence-corrected chi connectivity index (χ3v) is 4.30. The van der Waals surface area contributed by atoms with Gasteiger partial charge in [-0.1, -0.05) is 24.6 Å². The first-order valence-electron chi connectivity index (χ1n) is 9.05. The Morgan fingerprint density at radius 1 is 1.07 bits per heavy atom. The first kappa shape index (κ1) is 20.5. The molecular formula is C21H27N3O3. The maximum absolute atomic E-state index is 12.1. The molecule has 0 heterocycles. The Balaban J connectivity index is 1.88. The van der Waals surface area contributed by atoms with Crippen LogP contribution in [0.4, 0.5) is 11.4 Å². The fourth-order valence-electron chi connectivity index (χ4n) is 2.64. The van der Waals surface area contributed by atoms with E-state index in [2.05, 4.69) is 22.0 Å². The van der Waals surface area contributed by atoms with Gasteiger partial charge in [0.25, 0.3) is 5.91 Å². The summed E-state index contributed by atoms with van der Waals surface area (Å²) in [6.07, 6.45) is 0.657. The molecule has 2 aromatic carbocycles. The molecule has 6 nitrogen and oxygen atoms in total. The first-order valence-corrected chi connectivity index (χ1v) is 9.05. The van der Waals surface area contributed by atoms with Gasteiger partial charge in [0.1, 0.15) is 0 Å². The lowest BCUT2D eigenvalue weighted by atomic mass is 10.1. The van der Waals surface area contributed by atoms with Gasteiger partial charge in [0.2, 0.25) is 5.91 Å². The van der Waals surface area contributed by atoms with Crippen molar-refractivity contribution < 1.29 is 14.7 Å². The van der Waals surface area contributed by atoms with E-state index in [1.165, 1.54) is 5.56 Å². The quantitative estimate of drug-likeness (QED) is 0.576. The molecule has 0 aliphatic carbocycles. The number of benzene rings is 2. The van der Waals surface area contributed by atoms with Crippen LogP contribution in [-0.4, -0.2) is 36.1 Å². The molecule has 0 aliphatic heterocycles. The van der Waals surface area contributed by atoms with Crippen molar-refractivity contribution >= 4 is 23.2 Å². The lowest BCUT2D eigenvalue weighted by Gasteiger charge is -2.14. The summed E-state index contributed by atoms with van der Waals surface area (Å²) in [6.45, 7) is 5.98. The number of hydrogen-bond acceptors (Lipinski definition) is 4. The van der Waals surface area contributed by atoms with Gasteiger partial charge in [-0.25, -0.2) is 0 Å². The number of rotatable bonds is 8. The van der Waals surface area contributed by atoms with Crippen molar-refractivity contribution in [3.8, 4) is 0 Å². The van der Waals surface area contributed by atoms with E-state index in [-0.39, 0.29) is 31.0 Å². The van der Waals surface area contributed by atoms with Crippen LogP contribution in [0.1, 0.15) is 34.8 Å². The summed E-state index contributed by atoms with van der Waals surface area (Å²) in [7, 11) is 0. The van der Waals surface area contributed by atoms with Crippen LogP contribution in [0, 0.1) is 13.8 Å². The number of aliphatic hydroxyl groups is 1. The van der Waals surface area contributed by atoms with Crippen molar-refractivity contribution in [1.82, 2.24) is 5.32 Å². The van der Waals surface area contributed by atoms with E-state index in [1.54, 1.807) is 24.3 Å². The Labute approximate surface area is 160 Å². The smallest absolute Gasteiger partial charge is 0.251 e. The summed E-state index contributed by atoms with van der Waals surface area (Å²) in [5, 5.41) is 17.8. The van der Waals surface area contributed by atoms with Gasteiger partial charge in [-0.05, 0) is 56.2 Å². The molecular weight excluding hydrogens is 342 g/mol. The second-order valence-corrected chi connectivity index (χ2v) is 6.56. The van der Waals surface area contributed by atoms with Crippen molar-refractivity contribution in [2.24, 2.45) is 0 Å². The highest BCUT2D eigenvalue weighted by atomic mass is 16.3. The molecule has 0 saturated carbocycles. The normalized spacial score (nSPS) is 11.6. The topological polar surface area (TPSA) is 90.5 Å². The standard InChI is InChI=1S/C21H27N3O3/c1-4-17(13-25)24-21(27)16-6-8-18(9-7-16)23-20(26)12-22-19-10-5-14(2)11-15(19)3/h5-11,17,22,25H,4,12-13H2,1-3H3,(H,23,26)(H,24,27). The van der Waals surface area contributed by atoms with E-state index in [9.17, 15) is 9.59 Å². The van der Waals surface area contributed by atoms with Crippen LogP contribution in [0.2, 0.25) is 0 Å². The molecule has 6 heteroatoms. The molecule has 2 rings (SSSR count). The molecule has 0 aliphatic rings. The maximum Gasteiger partial charge on any atom is 0.251 e. The Morgan fingerprint density at radius 2 is 1.78 bits per heavy atom. The summed E-state index contributed by atoms with van der Waals surface area (Å²) < 4.78 is 0. The lowest BCUT2D eigenvalue weighted by Crippen LogP contribution is -2.36. The molecule has 0 fully saturated rings. The van der Waals surface area contributed by atoms with Gasteiger partial charge >= 0.3 is 0 Å². The van der Waals surface area contributed by atoms with E-state index in [1.807, 2.05) is 32.9 Å². The van der Waals surface area contributed by atoms with Gasteiger partial charge in [0, 0.05) is 16.9 Å². The highest BCUT2D eigenvalue weighted by Crippen LogP contribution is 2.16. The predicted octanol–water partition coefficient (Wildman–Crippen LogP) is 2.85. The van der Waals surface area contributed by atoms with Crippen LogP contribution in [0.3, 0.4) is 0 Å². The average Bonchev–Trinajstić information content (AvgIpc) is 2.65. The zero-order chi connectivity index (χ0) is 19.8. The number of amides is 2. The third-order valence-electron chi connectivity index (χ3n) is 4.30.